The van der Waals surface area contributed by atoms with Gasteiger partial charge in [-0.15, -0.1) is 0 Å². The van der Waals surface area contributed by atoms with Gasteiger partial charge in [0.05, 0.1) is 17.3 Å². The molecule has 0 saturated carbocycles. The number of oxazole rings is 1. The predicted molar refractivity (Wildman–Crippen MR) is 92.8 cm³/mol. The normalized spacial score (nSPS) is 10.8. The van der Waals surface area contributed by atoms with E-state index < -0.39 is 16.7 Å². The number of rotatable bonds is 4. The summed E-state index contributed by atoms with van der Waals surface area (Å²) in [4.78, 5) is 26.7. The number of carbonyl (C=O) groups is 1. The van der Waals surface area contributed by atoms with Crippen LogP contribution in [0, 0.1) is 10.1 Å². The molecule has 0 saturated heterocycles. The molecule has 2 aromatic heterocycles. The predicted octanol–water partition coefficient (Wildman–Crippen LogP) is 4.25. The third kappa shape index (κ3) is 2.80. The van der Waals surface area contributed by atoms with Gasteiger partial charge in [0.15, 0.2) is 11.3 Å². The molecule has 0 fully saturated rings. The molecule has 4 rings (SSSR count). The molecule has 0 spiro atoms. The summed E-state index contributed by atoms with van der Waals surface area (Å²) in [7, 11) is 0. The lowest BCUT2D eigenvalue weighted by Crippen LogP contribution is -2.11. The minimum absolute atomic E-state index is 0.163. The molecule has 0 atom stereocenters. The number of carbonyl (C=O) groups excluding carboxylic acids is 1. The van der Waals surface area contributed by atoms with E-state index in [-0.39, 0.29) is 5.76 Å². The highest BCUT2D eigenvalue weighted by molar-refractivity contribution is 6.04. The van der Waals surface area contributed by atoms with Crippen LogP contribution in [0.1, 0.15) is 10.6 Å². The number of furan rings is 1. The Morgan fingerprint density at radius 3 is 2.54 bits per heavy atom. The second kappa shape index (κ2) is 6.17. The van der Waals surface area contributed by atoms with Crippen molar-refractivity contribution in [2.75, 3.05) is 5.32 Å². The molecule has 1 N–H and O–H groups in total. The highest BCUT2D eigenvalue weighted by Gasteiger charge is 2.19. The molecule has 0 radical (unpaired) electrons. The summed E-state index contributed by atoms with van der Waals surface area (Å²) in [5, 5.41) is 13.3. The summed E-state index contributed by atoms with van der Waals surface area (Å²) in [6.07, 6.45) is 0. The maximum Gasteiger partial charge on any atom is 0.433 e. The van der Waals surface area contributed by atoms with E-state index in [0.29, 0.717) is 28.2 Å². The number of hydrogen-bond acceptors (Lipinski definition) is 6. The topological polar surface area (TPSA) is 111 Å². The molecule has 0 aliphatic heterocycles. The first-order valence-electron chi connectivity index (χ1n) is 7.62. The lowest BCUT2D eigenvalue weighted by Gasteiger charge is -2.07. The molecule has 0 aliphatic carbocycles. The number of fused-ring (bicyclic) bond motifs is 1. The number of amides is 1. The quantitative estimate of drug-likeness (QED) is 0.435. The fourth-order valence-corrected chi connectivity index (χ4v) is 2.50. The standard InChI is InChI=1S/C18H11N3O5/c22-17(15-9-10-16(25-15)21(23)24)19-12-6-2-1-5-11(12)18-20-13-7-3-4-8-14(13)26-18/h1-10H,(H,19,22). The maximum absolute atomic E-state index is 12.3. The smallest absolute Gasteiger partial charge is 0.433 e. The lowest BCUT2D eigenvalue weighted by molar-refractivity contribution is -0.402. The monoisotopic (exact) mass is 349 g/mol. The van der Waals surface area contributed by atoms with Crippen LogP contribution in [-0.4, -0.2) is 15.8 Å². The average molecular weight is 349 g/mol. The van der Waals surface area contributed by atoms with Crippen LogP contribution in [0.5, 0.6) is 0 Å². The van der Waals surface area contributed by atoms with E-state index in [0.717, 1.165) is 6.07 Å². The van der Waals surface area contributed by atoms with Gasteiger partial charge in [-0.25, -0.2) is 4.98 Å². The van der Waals surface area contributed by atoms with Gasteiger partial charge in [0.2, 0.25) is 5.89 Å². The molecule has 128 valence electrons. The fraction of sp³-hybridized carbons (Fsp3) is 0. The van der Waals surface area contributed by atoms with Gasteiger partial charge in [-0.05, 0) is 30.3 Å². The first kappa shape index (κ1) is 15.6. The van der Waals surface area contributed by atoms with E-state index in [1.807, 2.05) is 18.2 Å². The zero-order valence-electron chi connectivity index (χ0n) is 13.2. The summed E-state index contributed by atoms with van der Waals surface area (Å²) in [5.41, 5.74) is 2.36. The third-order valence-electron chi connectivity index (χ3n) is 3.70. The SMILES string of the molecule is O=C(Nc1ccccc1-c1nc2ccccc2o1)c1ccc([N+](=O)[O-])o1. The van der Waals surface area contributed by atoms with Crippen molar-refractivity contribution in [3.05, 3.63) is 76.5 Å². The van der Waals surface area contributed by atoms with Gasteiger partial charge in [0, 0.05) is 0 Å². The number of nitrogens with one attached hydrogen (secondary N) is 1. The van der Waals surface area contributed by atoms with Gasteiger partial charge < -0.3 is 14.2 Å². The Bertz CT molecular complexity index is 1100. The molecule has 26 heavy (non-hydrogen) atoms. The van der Waals surface area contributed by atoms with E-state index in [1.54, 1.807) is 30.3 Å². The van der Waals surface area contributed by atoms with Crippen molar-refractivity contribution in [3.8, 4) is 11.5 Å². The van der Waals surface area contributed by atoms with Gasteiger partial charge >= 0.3 is 5.88 Å². The van der Waals surface area contributed by atoms with Crippen LogP contribution in [0.2, 0.25) is 0 Å². The number of nitro groups is 1. The van der Waals surface area contributed by atoms with Gasteiger partial charge in [-0.1, -0.05) is 24.3 Å². The Hall–Kier alpha value is -3.94. The lowest BCUT2D eigenvalue weighted by atomic mass is 10.1. The van der Waals surface area contributed by atoms with Crippen molar-refractivity contribution in [2.45, 2.75) is 0 Å². The Labute approximate surface area is 146 Å². The Balaban J connectivity index is 1.67. The highest BCUT2D eigenvalue weighted by Crippen LogP contribution is 2.30. The van der Waals surface area contributed by atoms with Crippen molar-refractivity contribution in [1.29, 1.82) is 0 Å². The molecule has 4 aromatic rings. The first-order valence-corrected chi connectivity index (χ1v) is 7.62. The van der Waals surface area contributed by atoms with Crippen molar-refractivity contribution in [3.63, 3.8) is 0 Å². The summed E-state index contributed by atoms with van der Waals surface area (Å²) in [6.45, 7) is 0. The van der Waals surface area contributed by atoms with Crippen LogP contribution < -0.4 is 5.32 Å². The molecule has 2 aromatic carbocycles. The van der Waals surface area contributed by atoms with Gasteiger partial charge in [-0.2, -0.15) is 0 Å². The van der Waals surface area contributed by atoms with E-state index >= 15 is 0 Å². The van der Waals surface area contributed by atoms with E-state index in [9.17, 15) is 14.9 Å². The first-order chi connectivity index (χ1) is 12.6. The zero-order chi connectivity index (χ0) is 18.1. The zero-order valence-corrected chi connectivity index (χ0v) is 13.2. The van der Waals surface area contributed by atoms with Crippen LogP contribution in [0.25, 0.3) is 22.6 Å². The number of benzene rings is 2. The molecule has 0 unspecified atom stereocenters. The molecule has 0 bridgehead atoms. The largest absolute Gasteiger partial charge is 0.436 e. The fourth-order valence-electron chi connectivity index (χ4n) is 2.50. The second-order valence-electron chi connectivity index (χ2n) is 5.38. The van der Waals surface area contributed by atoms with E-state index in [2.05, 4.69) is 10.3 Å². The number of anilines is 1. The Morgan fingerprint density at radius 1 is 1.00 bits per heavy atom. The average Bonchev–Trinajstić information content (AvgIpc) is 3.29. The molecular weight excluding hydrogens is 338 g/mol. The highest BCUT2D eigenvalue weighted by atomic mass is 16.6. The molecule has 0 aliphatic rings. The Kier molecular flexibility index (Phi) is 3.70. The summed E-state index contributed by atoms with van der Waals surface area (Å²) in [6, 6.07) is 16.7. The molecular formula is C18H11N3O5. The molecule has 8 heteroatoms. The van der Waals surface area contributed by atoms with E-state index in [4.69, 9.17) is 8.83 Å². The van der Waals surface area contributed by atoms with Crippen molar-refractivity contribution in [1.82, 2.24) is 4.98 Å². The summed E-state index contributed by atoms with van der Waals surface area (Å²) in [5.74, 6) is -0.916. The van der Waals surface area contributed by atoms with Crippen molar-refractivity contribution < 1.29 is 18.6 Å². The molecule has 2 heterocycles. The second-order valence-corrected chi connectivity index (χ2v) is 5.38. The maximum atomic E-state index is 12.3. The van der Waals surface area contributed by atoms with Gasteiger partial charge in [-0.3, -0.25) is 14.9 Å². The summed E-state index contributed by atoms with van der Waals surface area (Å²) >= 11 is 0. The van der Waals surface area contributed by atoms with E-state index in [1.165, 1.54) is 6.07 Å². The third-order valence-corrected chi connectivity index (χ3v) is 3.70. The molecule has 8 nitrogen and oxygen atoms in total. The number of hydrogen-bond donors (Lipinski definition) is 1. The number of nitrogens with zero attached hydrogens (tertiary/aromatic N) is 2. The van der Waals surface area contributed by atoms with Crippen LogP contribution in [0.3, 0.4) is 0 Å². The van der Waals surface area contributed by atoms with Crippen LogP contribution >= 0.6 is 0 Å². The van der Waals surface area contributed by atoms with Crippen LogP contribution in [0.15, 0.2) is 69.5 Å². The number of para-hydroxylation sites is 3. The van der Waals surface area contributed by atoms with Crippen molar-refractivity contribution >= 4 is 28.6 Å². The van der Waals surface area contributed by atoms with Gasteiger partial charge in [0.1, 0.15) is 10.4 Å². The van der Waals surface area contributed by atoms with Crippen LogP contribution in [-0.2, 0) is 0 Å². The minimum atomic E-state index is -0.705. The van der Waals surface area contributed by atoms with Crippen molar-refractivity contribution in [2.24, 2.45) is 0 Å². The molecule has 1 amide bonds. The van der Waals surface area contributed by atoms with Crippen LogP contribution in [0.4, 0.5) is 11.6 Å². The minimum Gasteiger partial charge on any atom is -0.436 e. The summed E-state index contributed by atoms with van der Waals surface area (Å²) < 4.78 is 10.7. The number of aromatic nitrogens is 1. The van der Waals surface area contributed by atoms with Gasteiger partial charge in [0.25, 0.3) is 5.91 Å². The Morgan fingerprint density at radius 2 is 1.77 bits per heavy atom.